The van der Waals surface area contributed by atoms with Gasteiger partial charge in [-0.25, -0.2) is 11.0 Å². The molecule has 0 heterocycles. The Labute approximate surface area is 192 Å². The molecule has 0 aromatic carbocycles. The van der Waals surface area contributed by atoms with E-state index < -0.39 is 0 Å². The molecule has 0 saturated heterocycles. The van der Waals surface area contributed by atoms with Crippen molar-refractivity contribution in [3.8, 4) is 0 Å². The molecule has 0 aromatic rings. The second kappa shape index (κ2) is 9.61. The highest BCUT2D eigenvalue weighted by atomic mass is 16.7. The molecule has 6 saturated carbocycles. The SMILES string of the molecule is O=C(CC1CCCCC1)NOC12CC3CC(C1)CC(ONC(=O)CC1CCCCC1)(C3)C2. The van der Waals surface area contributed by atoms with Crippen molar-refractivity contribution in [3.05, 3.63) is 0 Å². The van der Waals surface area contributed by atoms with Crippen LogP contribution in [-0.2, 0) is 19.3 Å². The summed E-state index contributed by atoms with van der Waals surface area (Å²) in [6.45, 7) is 0. The summed E-state index contributed by atoms with van der Waals surface area (Å²) in [5.74, 6) is 2.20. The molecular formula is C26H42N2O4. The number of hydrogen-bond donors (Lipinski definition) is 2. The first-order chi connectivity index (χ1) is 15.5. The highest BCUT2D eigenvalue weighted by Crippen LogP contribution is 2.59. The molecule has 2 N–H and O–H groups in total. The molecular weight excluding hydrogens is 404 g/mol. The molecule has 0 spiro atoms. The smallest absolute Gasteiger partial charge is 0.243 e. The van der Waals surface area contributed by atoms with Gasteiger partial charge in [-0.1, -0.05) is 38.5 Å². The minimum atomic E-state index is -0.333. The monoisotopic (exact) mass is 446 g/mol. The normalized spacial score (nSPS) is 37.4. The van der Waals surface area contributed by atoms with E-state index in [1.54, 1.807) is 0 Å². The van der Waals surface area contributed by atoms with Crippen LogP contribution in [0.25, 0.3) is 0 Å². The van der Waals surface area contributed by atoms with Gasteiger partial charge in [0.05, 0.1) is 11.2 Å². The Bertz CT molecular complexity index is 615. The molecule has 0 atom stereocenters. The zero-order valence-corrected chi connectivity index (χ0v) is 19.7. The van der Waals surface area contributed by atoms with E-state index in [9.17, 15) is 9.59 Å². The summed E-state index contributed by atoms with van der Waals surface area (Å²) in [6.07, 6.45) is 19.4. The summed E-state index contributed by atoms with van der Waals surface area (Å²) in [4.78, 5) is 37.5. The van der Waals surface area contributed by atoms with Crippen molar-refractivity contribution < 1.29 is 19.3 Å². The van der Waals surface area contributed by atoms with Crippen molar-refractivity contribution in [1.29, 1.82) is 0 Å². The average molecular weight is 447 g/mol. The number of carbonyl (C=O) groups is 2. The number of carbonyl (C=O) groups excluding carboxylic acids is 2. The van der Waals surface area contributed by atoms with E-state index >= 15 is 0 Å². The third kappa shape index (κ3) is 5.32. The Balaban J connectivity index is 1.13. The Morgan fingerprint density at radius 1 is 0.656 bits per heavy atom. The van der Waals surface area contributed by atoms with E-state index in [4.69, 9.17) is 9.68 Å². The van der Waals surface area contributed by atoms with Gasteiger partial charge in [0.25, 0.3) is 0 Å². The predicted octanol–water partition coefficient (Wildman–Crippen LogP) is 5.11. The molecule has 6 fully saturated rings. The minimum absolute atomic E-state index is 0.0309. The molecule has 6 aliphatic rings. The maximum absolute atomic E-state index is 12.6. The summed E-state index contributed by atoms with van der Waals surface area (Å²) in [6, 6.07) is 0. The fourth-order valence-corrected chi connectivity index (χ4v) is 8.06. The highest BCUT2D eigenvalue weighted by molar-refractivity contribution is 5.75. The summed E-state index contributed by atoms with van der Waals surface area (Å²) in [5.41, 5.74) is 5.02. The standard InChI is InChI=1S/C26H42N2O4/c29-23(12-19-7-3-1-4-8-19)27-31-25-14-21-11-22(15-25)17-26(16-21,18-25)32-28-24(30)13-20-9-5-2-6-10-20/h19-22H,1-18H2,(H,27,29)(H,28,30). The van der Waals surface area contributed by atoms with Crippen LogP contribution < -0.4 is 11.0 Å². The van der Waals surface area contributed by atoms with Crippen molar-refractivity contribution in [2.45, 2.75) is 127 Å². The number of hydroxylamine groups is 2. The number of hydrogen-bond acceptors (Lipinski definition) is 4. The van der Waals surface area contributed by atoms with Crippen molar-refractivity contribution in [3.63, 3.8) is 0 Å². The van der Waals surface area contributed by atoms with Crippen molar-refractivity contribution in [2.75, 3.05) is 0 Å². The van der Waals surface area contributed by atoms with Gasteiger partial charge < -0.3 is 0 Å². The maximum Gasteiger partial charge on any atom is 0.243 e. The van der Waals surface area contributed by atoms with Gasteiger partial charge in [0, 0.05) is 19.3 Å². The van der Waals surface area contributed by atoms with Gasteiger partial charge in [0.2, 0.25) is 11.8 Å². The molecule has 0 aromatic heterocycles. The minimum Gasteiger partial charge on any atom is -0.273 e. The molecule has 0 radical (unpaired) electrons. The quantitative estimate of drug-likeness (QED) is 0.508. The molecule has 6 nitrogen and oxygen atoms in total. The van der Waals surface area contributed by atoms with Crippen molar-refractivity contribution in [2.24, 2.45) is 23.7 Å². The summed E-state index contributed by atoms with van der Waals surface area (Å²) >= 11 is 0. The van der Waals surface area contributed by atoms with E-state index in [1.165, 1.54) is 70.6 Å². The van der Waals surface area contributed by atoms with Crippen LogP contribution in [0, 0.1) is 23.7 Å². The first-order valence-electron chi connectivity index (χ1n) is 13.5. The van der Waals surface area contributed by atoms with Crippen LogP contribution in [0.3, 0.4) is 0 Å². The van der Waals surface area contributed by atoms with E-state index in [1.807, 2.05) is 0 Å². The Hall–Kier alpha value is -1.14. The topological polar surface area (TPSA) is 76.7 Å². The van der Waals surface area contributed by atoms with Gasteiger partial charge >= 0.3 is 0 Å². The van der Waals surface area contributed by atoms with Crippen LogP contribution in [-0.4, -0.2) is 23.0 Å². The molecule has 32 heavy (non-hydrogen) atoms. The Morgan fingerprint density at radius 2 is 1.06 bits per heavy atom. The highest BCUT2D eigenvalue weighted by Gasteiger charge is 2.60. The van der Waals surface area contributed by atoms with Crippen LogP contribution in [0.5, 0.6) is 0 Å². The zero-order chi connectivity index (χ0) is 22.0. The van der Waals surface area contributed by atoms with Crippen LogP contribution >= 0.6 is 0 Å². The number of amides is 2. The van der Waals surface area contributed by atoms with E-state index in [0.717, 1.165) is 32.1 Å². The second-order valence-corrected chi connectivity index (χ2v) is 12.0. The second-order valence-electron chi connectivity index (χ2n) is 12.0. The van der Waals surface area contributed by atoms with Gasteiger partial charge in [0.15, 0.2) is 0 Å². The molecule has 0 aliphatic heterocycles. The lowest BCUT2D eigenvalue weighted by atomic mass is 9.52. The Kier molecular flexibility index (Phi) is 6.80. The molecule has 6 aliphatic carbocycles. The predicted molar refractivity (Wildman–Crippen MR) is 121 cm³/mol. The lowest BCUT2D eigenvalue weighted by Gasteiger charge is -2.60. The maximum atomic E-state index is 12.6. The van der Waals surface area contributed by atoms with Gasteiger partial charge in [-0.15, -0.1) is 0 Å². The third-order valence-electron chi connectivity index (χ3n) is 9.11. The summed E-state index contributed by atoms with van der Waals surface area (Å²) in [7, 11) is 0. The lowest BCUT2D eigenvalue weighted by Crippen LogP contribution is -2.63. The summed E-state index contributed by atoms with van der Waals surface area (Å²) < 4.78 is 0. The summed E-state index contributed by atoms with van der Waals surface area (Å²) in [5, 5.41) is 0. The van der Waals surface area contributed by atoms with Crippen LogP contribution in [0.2, 0.25) is 0 Å². The molecule has 2 amide bonds. The van der Waals surface area contributed by atoms with Gasteiger partial charge in [-0.05, 0) is 81.5 Å². The van der Waals surface area contributed by atoms with E-state index in [-0.39, 0.29) is 23.0 Å². The van der Waals surface area contributed by atoms with Crippen molar-refractivity contribution in [1.82, 2.24) is 11.0 Å². The molecule has 4 bridgehead atoms. The molecule has 6 heteroatoms. The van der Waals surface area contributed by atoms with Crippen molar-refractivity contribution >= 4 is 11.8 Å². The van der Waals surface area contributed by atoms with Crippen LogP contribution in [0.15, 0.2) is 0 Å². The fraction of sp³-hybridized carbons (Fsp3) is 0.923. The third-order valence-corrected chi connectivity index (χ3v) is 9.11. The van der Waals surface area contributed by atoms with Crippen LogP contribution in [0.1, 0.15) is 116 Å². The van der Waals surface area contributed by atoms with E-state index in [0.29, 0.717) is 36.5 Å². The largest absolute Gasteiger partial charge is 0.273 e. The number of nitrogens with one attached hydrogen (secondary N) is 2. The fourth-order valence-electron chi connectivity index (χ4n) is 8.06. The molecule has 0 unspecified atom stereocenters. The lowest BCUT2D eigenvalue weighted by molar-refractivity contribution is -0.266. The Morgan fingerprint density at radius 3 is 1.47 bits per heavy atom. The molecule has 180 valence electrons. The first kappa shape index (κ1) is 22.6. The zero-order valence-electron chi connectivity index (χ0n) is 19.7. The van der Waals surface area contributed by atoms with Gasteiger partial charge in [-0.3, -0.25) is 19.3 Å². The first-order valence-corrected chi connectivity index (χ1v) is 13.5. The van der Waals surface area contributed by atoms with E-state index in [2.05, 4.69) is 11.0 Å². The van der Waals surface area contributed by atoms with Crippen LogP contribution in [0.4, 0.5) is 0 Å². The van der Waals surface area contributed by atoms with Gasteiger partial charge in [-0.2, -0.15) is 0 Å². The van der Waals surface area contributed by atoms with Gasteiger partial charge in [0.1, 0.15) is 0 Å². The average Bonchev–Trinajstić information content (AvgIpc) is 2.77. The molecule has 6 rings (SSSR count). The number of rotatable bonds is 8.